The normalized spacial score (nSPS) is 29.4. The fraction of sp³-hybridized carbons (Fsp3) is 0.286. The third kappa shape index (κ3) is 3.83. The largest absolute Gasteiger partial charge is 0.389 e. The summed E-state index contributed by atoms with van der Waals surface area (Å²) in [6.45, 7) is 3.15. The second kappa shape index (κ2) is 9.04. The van der Waals surface area contributed by atoms with E-state index in [1.165, 1.54) is 36.2 Å². The van der Waals surface area contributed by atoms with Gasteiger partial charge < -0.3 is 5.11 Å². The Hall–Kier alpha value is -3.62. The van der Waals surface area contributed by atoms with Crippen molar-refractivity contribution in [1.82, 2.24) is 0 Å². The van der Waals surface area contributed by atoms with E-state index in [4.69, 9.17) is 11.6 Å². The van der Waals surface area contributed by atoms with Gasteiger partial charge in [0.25, 0.3) is 5.91 Å². The molecule has 7 nitrogen and oxygen atoms in total. The first kappa shape index (κ1) is 25.0. The van der Waals surface area contributed by atoms with E-state index in [2.05, 4.69) is 5.10 Å². The number of hydrogen-bond acceptors (Lipinski definition) is 5. The summed E-state index contributed by atoms with van der Waals surface area (Å²) in [4.78, 5) is 26.8. The van der Waals surface area contributed by atoms with Gasteiger partial charge in [0.15, 0.2) is 0 Å². The SMILES string of the molecule is CC1=NN(c2ccccc2)C(=O)[C@@]12[C@H](c1ccc(F)cc1)[C@@H]([N+](=O)[O-])[C@H](c1ccc(Cl)cc1)C[C@@]2(C)O. The number of carbonyl (C=O) groups is 1. The summed E-state index contributed by atoms with van der Waals surface area (Å²) in [5.74, 6) is -2.97. The number of amides is 1. The number of nitro groups is 1. The van der Waals surface area contributed by atoms with Crippen LogP contribution in [-0.4, -0.2) is 33.3 Å². The Labute approximate surface area is 218 Å². The molecule has 1 spiro atoms. The van der Waals surface area contributed by atoms with Crippen molar-refractivity contribution >= 4 is 28.9 Å². The van der Waals surface area contributed by atoms with Crippen molar-refractivity contribution in [3.05, 3.63) is 111 Å². The molecule has 0 aromatic heterocycles. The van der Waals surface area contributed by atoms with Gasteiger partial charge >= 0.3 is 0 Å². The molecular formula is C28H25ClFN3O4. The molecule has 0 radical (unpaired) electrons. The lowest BCUT2D eigenvalue weighted by Crippen LogP contribution is -2.66. The fourth-order valence-electron chi connectivity index (χ4n) is 6.26. The van der Waals surface area contributed by atoms with Crippen molar-refractivity contribution in [2.24, 2.45) is 10.5 Å². The van der Waals surface area contributed by atoms with Crippen molar-refractivity contribution in [2.45, 2.75) is 43.7 Å². The molecule has 37 heavy (non-hydrogen) atoms. The monoisotopic (exact) mass is 521 g/mol. The summed E-state index contributed by atoms with van der Waals surface area (Å²) in [7, 11) is 0. The number of nitrogens with zero attached hydrogens (tertiary/aromatic N) is 3. The topological polar surface area (TPSA) is 96.0 Å². The predicted molar refractivity (Wildman–Crippen MR) is 139 cm³/mol. The standard InChI is InChI=1S/C28H25ClFN3O4/c1-17-28(26(34)32(31-17)22-6-4-3-5-7-22)24(19-10-14-21(30)15-11-19)25(33(36)37)23(16-27(28,2)35)18-8-12-20(29)13-9-18/h3-15,23-25,35H,16H2,1-2H3/t23-,24+,25-,27+,28-/m0/s1. The molecule has 0 saturated heterocycles. The average molecular weight is 522 g/mol. The van der Waals surface area contributed by atoms with Gasteiger partial charge in [0.2, 0.25) is 6.04 Å². The molecule has 3 aromatic carbocycles. The zero-order valence-corrected chi connectivity index (χ0v) is 21.0. The Balaban J connectivity index is 1.76. The molecule has 1 aliphatic heterocycles. The van der Waals surface area contributed by atoms with Crippen LogP contribution in [0.4, 0.5) is 10.1 Å². The lowest BCUT2D eigenvalue weighted by Gasteiger charge is -2.53. The van der Waals surface area contributed by atoms with Crippen molar-refractivity contribution in [2.75, 3.05) is 5.01 Å². The van der Waals surface area contributed by atoms with E-state index in [0.29, 0.717) is 21.8 Å². The number of halogens is 2. The molecule has 3 aromatic rings. The van der Waals surface area contributed by atoms with E-state index in [1.54, 1.807) is 61.5 Å². The van der Waals surface area contributed by atoms with Crippen LogP contribution >= 0.6 is 11.6 Å². The van der Waals surface area contributed by atoms with Gasteiger partial charge in [-0.1, -0.05) is 54.1 Å². The molecule has 1 aliphatic carbocycles. The van der Waals surface area contributed by atoms with Crippen molar-refractivity contribution < 1.29 is 19.2 Å². The van der Waals surface area contributed by atoms with E-state index < -0.39 is 45.5 Å². The molecule has 5 atom stereocenters. The number of hydrazone groups is 1. The number of anilines is 1. The highest BCUT2D eigenvalue weighted by atomic mass is 35.5. The Morgan fingerprint density at radius 3 is 2.24 bits per heavy atom. The number of aliphatic hydroxyl groups is 1. The maximum absolute atomic E-state index is 14.4. The third-order valence-electron chi connectivity index (χ3n) is 7.81. The highest BCUT2D eigenvalue weighted by Gasteiger charge is 2.72. The number of carbonyl (C=O) groups excluding carboxylic acids is 1. The lowest BCUT2D eigenvalue weighted by atomic mass is 9.49. The summed E-state index contributed by atoms with van der Waals surface area (Å²) in [6.07, 6.45) is -0.0702. The van der Waals surface area contributed by atoms with E-state index in [0.717, 1.165) is 0 Å². The molecule has 2 aliphatic rings. The quantitative estimate of drug-likeness (QED) is 0.359. The third-order valence-corrected chi connectivity index (χ3v) is 8.06. The lowest BCUT2D eigenvalue weighted by molar-refractivity contribution is -0.539. The molecule has 9 heteroatoms. The van der Waals surface area contributed by atoms with Crippen LogP contribution in [0.15, 0.2) is 84.0 Å². The predicted octanol–water partition coefficient (Wildman–Crippen LogP) is 5.56. The molecular weight excluding hydrogens is 497 g/mol. The molecule has 1 N–H and O–H groups in total. The minimum atomic E-state index is -1.76. The van der Waals surface area contributed by atoms with Gasteiger partial charge in [0.1, 0.15) is 11.2 Å². The van der Waals surface area contributed by atoms with Crippen LogP contribution in [0.2, 0.25) is 5.02 Å². The van der Waals surface area contributed by atoms with E-state index in [9.17, 15) is 24.4 Å². The summed E-state index contributed by atoms with van der Waals surface area (Å²) < 4.78 is 14.0. The van der Waals surface area contributed by atoms with Crippen LogP contribution in [0.1, 0.15) is 43.2 Å². The Bertz CT molecular complexity index is 1380. The zero-order chi connectivity index (χ0) is 26.5. The first-order chi connectivity index (χ1) is 17.6. The minimum Gasteiger partial charge on any atom is -0.389 e. The van der Waals surface area contributed by atoms with Gasteiger partial charge in [-0.05, 0) is 67.8 Å². The average Bonchev–Trinajstić information content (AvgIpc) is 3.13. The van der Waals surface area contributed by atoms with Gasteiger partial charge in [-0.15, -0.1) is 0 Å². The van der Waals surface area contributed by atoms with Gasteiger partial charge in [-0.25, -0.2) is 4.39 Å². The number of benzene rings is 3. The zero-order valence-electron chi connectivity index (χ0n) is 20.2. The second-order valence-corrected chi connectivity index (χ2v) is 10.3. The van der Waals surface area contributed by atoms with Gasteiger partial charge in [0, 0.05) is 9.95 Å². The number of para-hydroxylation sites is 1. The Morgan fingerprint density at radius 1 is 1.05 bits per heavy atom. The van der Waals surface area contributed by atoms with Gasteiger partial charge in [-0.3, -0.25) is 14.9 Å². The van der Waals surface area contributed by atoms with Crippen molar-refractivity contribution in [3.8, 4) is 0 Å². The molecule has 190 valence electrons. The maximum Gasteiger partial charge on any atom is 0.263 e. The Morgan fingerprint density at radius 2 is 1.65 bits per heavy atom. The van der Waals surface area contributed by atoms with Gasteiger partial charge in [-0.2, -0.15) is 10.1 Å². The first-order valence-corrected chi connectivity index (χ1v) is 12.3. The van der Waals surface area contributed by atoms with E-state index in [1.807, 2.05) is 0 Å². The second-order valence-electron chi connectivity index (χ2n) is 9.89. The van der Waals surface area contributed by atoms with Crippen molar-refractivity contribution in [3.63, 3.8) is 0 Å². The molecule has 1 heterocycles. The summed E-state index contributed by atoms with van der Waals surface area (Å²) >= 11 is 6.07. The molecule has 5 rings (SSSR count). The fourth-order valence-corrected chi connectivity index (χ4v) is 6.39. The molecule has 0 unspecified atom stereocenters. The smallest absolute Gasteiger partial charge is 0.263 e. The van der Waals surface area contributed by atoms with Gasteiger partial charge in [0.05, 0.1) is 28.8 Å². The van der Waals surface area contributed by atoms with Crippen LogP contribution < -0.4 is 5.01 Å². The summed E-state index contributed by atoms with van der Waals surface area (Å²) in [6, 6.07) is 19.4. The van der Waals surface area contributed by atoms with Crippen LogP contribution in [0, 0.1) is 21.3 Å². The molecule has 1 amide bonds. The highest BCUT2D eigenvalue weighted by Crippen LogP contribution is 2.61. The molecule has 1 fully saturated rings. The van der Waals surface area contributed by atoms with Crippen LogP contribution in [-0.2, 0) is 4.79 Å². The molecule has 1 saturated carbocycles. The first-order valence-electron chi connectivity index (χ1n) is 11.9. The maximum atomic E-state index is 14.4. The van der Waals surface area contributed by atoms with Crippen LogP contribution in [0.5, 0.6) is 0 Å². The summed E-state index contributed by atoms with van der Waals surface area (Å²) in [5.41, 5.74) is -1.76. The van der Waals surface area contributed by atoms with Crippen LogP contribution in [0.3, 0.4) is 0 Å². The summed E-state index contributed by atoms with van der Waals surface area (Å²) in [5, 5.41) is 31.2. The van der Waals surface area contributed by atoms with Crippen LogP contribution in [0.25, 0.3) is 0 Å². The molecule has 0 bridgehead atoms. The van der Waals surface area contributed by atoms with E-state index in [-0.39, 0.29) is 12.1 Å². The minimum absolute atomic E-state index is 0.0702. The van der Waals surface area contributed by atoms with Crippen molar-refractivity contribution in [1.29, 1.82) is 0 Å². The highest BCUT2D eigenvalue weighted by molar-refractivity contribution is 6.30. The number of rotatable bonds is 4. The number of hydrogen-bond donors (Lipinski definition) is 1. The Kier molecular flexibility index (Phi) is 6.12. The van der Waals surface area contributed by atoms with E-state index >= 15 is 0 Å².